The molecule has 0 radical (unpaired) electrons. The molecule has 1 saturated heterocycles. The van der Waals surface area contributed by atoms with Crippen molar-refractivity contribution in [2.24, 2.45) is 0 Å². The van der Waals surface area contributed by atoms with Gasteiger partial charge in [-0.05, 0) is 15.9 Å². The third-order valence-electron chi connectivity index (χ3n) is 3.33. The van der Waals surface area contributed by atoms with Gasteiger partial charge in [0.1, 0.15) is 16.2 Å². The van der Waals surface area contributed by atoms with Gasteiger partial charge in [0.05, 0.1) is 6.61 Å². The van der Waals surface area contributed by atoms with Gasteiger partial charge in [0.15, 0.2) is 0 Å². The second kappa shape index (κ2) is 6.63. The van der Waals surface area contributed by atoms with Crippen LogP contribution in [0, 0.1) is 0 Å². The zero-order valence-electron chi connectivity index (χ0n) is 11.5. The third-order valence-corrected chi connectivity index (χ3v) is 3.73. The molecular formula is C13H21BrN4O. The fourth-order valence-corrected chi connectivity index (χ4v) is 2.57. The Morgan fingerprint density at radius 3 is 2.53 bits per heavy atom. The Balaban J connectivity index is 2.06. The van der Waals surface area contributed by atoms with Crippen LogP contribution in [0.3, 0.4) is 0 Å². The summed E-state index contributed by atoms with van der Waals surface area (Å²) in [5, 5.41) is 8.95. The van der Waals surface area contributed by atoms with E-state index in [4.69, 9.17) is 5.11 Å². The van der Waals surface area contributed by atoms with Gasteiger partial charge >= 0.3 is 0 Å². The molecule has 1 fully saturated rings. The molecule has 5 nitrogen and oxygen atoms in total. The smallest absolute Gasteiger partial charge is 0.134 e. The van der Waals surface area contributed by atoms with Crippen LogP contribution in [0.5, 0.6) is 0 Å². The molecule has 1 aromatic heterocycles. The van der Waals surface area contributed by atoms with E-state index in [1.807, 2.05) is 6.07 Å². The summed E-state index contributed by atoms with van der Waals surface area (Å²) >= 11 is 3.46. The molecule has 0 saturated carbocycles. The topological polar surface area (TPSA) is 52.5 Å². The molecule has 1 N–H and O–H groups in total. The Morgan fingerprint density at radius 1 is 1.26 bits per heavy atom. The highest BCUT2D eigenvalue weighted by atomic mass is 79.9. The molecule has 19 heavy (non-hydrogen) atoms. The van der Waals surface area contributed by atoms with E-state index in [1.165, 1.54) is 0 Å². The van der Waals surface area contributed by atoms with E-state index in [2.05, 4.69) is 49.5 Å². The first-order valence-corrected chi connectivity index (χ1v) is 7.52. The molecule has 2 rings (SSSR count). The molecule has 1 aliphatic rings. The van der Waals surface area contributed by atoms with Gasteiger partial charge in [-0.3, -0.25) is 4.90 Å². The Labute approximate surface area is 122 Å². The van der Waals surface area contributed by atoms with E-state index < -0.39 is 0 Å². The van der Waals surface area contributed by atoms with Gasteiger partial charge in [0, 0.05) is 44.7 Å². The van der Waals surface area contributed by atoms with E-state index >= 15 is 0 Å². The molecule has 0 bridgehead atoms. The van der Waals surface area contributed by atoms with E-state index in [9.17, 15) is 0 Å². The Kier molecular flexibility index (Phi) is 5.13. The molecule has 0 atom stereocenters. The first-order valence-electron chi connectivity index (χ1n) is 6.73. The highest BCUT2D eigenvalue weighted by Crippen LogP contribution is 2.21. The van der Waals surface area contributed by atoms with Crippen molar-refractivity contribution >= 4 is 21.7 Å². The average molecular weight is 329 g/mol. The molecule has 0 unspecified atom stereocenters. The average Bonchev–Trinajstić information content (AvgIpc) is 2.39. The van der Waals surface area contributed by atoms with Gasteiger partial charge in [-0.2, -0.15) is 0 Å². The molecular weight excluding hydrogens is 308 g/mol. The highest BCUT2D eigenvalue weighted by Gasteiger charge is 2.19. The molecule has 0 aromatic carbocycles. The van der Waals surface area contributed by atoms with Crippen LogP contribution in [0.2, 0.25) is 0 Å². The first kappa shape index (κ1) is 14.7. The van der Waals surface area contributed by atoms with Crippen LogP contribution >= 0.6 is 15.9 Å². The summed E-state index contributed by atoms with van der Waals surface area (Å²) < 4.78 is 0.846. The van der Waals surface area contributed by atoms with Gasteiger partial charge in [-0.15, -0.1) is 0 Å². The summed E-state index contributed by atoms with van der Waals surface area (Å²) in [6.07, 6.45) is 0. The SMILES string of the molecule is CC(C)c1nc(Br)cc(N2CCN(CCO)CC2)n1. The van der Waals surface area contributed by atoms with Crippen molar-refractivity contribution in [1.29, 1.82) is 0 Å². The van der Waals surface area contributed by atoms with Gasteiger partial charge in [-0.25, -0.2) is 9.97 Å². The summed E-state index contributed by atoms with van der Waals surface area (Å²) in [6, 6.07) is 1.98. The zero-order chi connectivity index (χ0) is 13.8. The van der Waals surface area contributed by atoms with Crippen LogP contribution in [0.1, 0.15) is 25.6 Å². The maximum Gasteiger partial charge on any atom is 0.134 e. The summed E-state index contributed by atoms with van der Waals surface area (Å²) in [6.45, 7) is 9.03. The lowest BCUT2D eigenvalue weighted by molar-refractivity contribution is 0.188. The predicted octanol–water partition coefficient (Wildman–Crippen LogP) is 1.48. The highest BCUT2D eigenvalue weighted by molar-refractivity contribution is 9.10. The number of anilines is 1. The van der Waals surface area contributed by atoms with E-state index in [0.717, 1.165) is 49.0 Å². The van der Waals surface area contributed by atoms with Crippen molar-refractivity contribution in [3.8, 4) is 0 Å². The van der Waals surface area contributed by atoms with Crippen LogP contribution in [0.15, 0.2) is 10.7 Å². The number of hydrogen-bond donors (Lipinski definition) is 1. The van der Waals surface area contributed by atoms with Crippen molar-refractivity contribution in [3.05, 3.63) is 16.5 Å². The Morgan fingerprint density at radius 2 is 1.95 bits per heavy atom. The lowest BCUT2D eigenvalue weighted by Crippen LogP contribution is -2.47. The number of aromatic nitrogens is 2. The quantitative estimate of drug-likeness (QED) is 0.848. The lowest BCUT2D eigenvalue weighted by Gasteiger charge is -2.35. The fourth-order valence-electron chi connectivity index (χ4n) is 2.19. The largest absolute Gasteiger partial charge is 0.395 e. The van der Waals surface area contributed by atoms with Crippen molar-refractivity contribution in [3.63, 3.8) is 0 Å². The van der Waals surface area contributed by atoms with Crippen LogP contribution in [0.4, 0.5) is 5.82 Å². The summed E-state index contributed by atoms with van der Waals surface area (Å²) in [4.78, 5) is 13.6. The van der Waals surface area contributed by atoms with E-state index in [0.29, 0.717) is 5.92 Å². The van der Waals surface area contributed by atoms with E-state index in [-0.39, 0.29) is 6.61 Å². The zero-order valence-corrected chi connectivity index (χ0v) is 13.1. The number of hydrogen-bond acceptors (Lipinski definition) is 5. The number of aliphatic hydroxyl groups is 1. The minimum absolute atomic E-state index is 0.233. The molecule has 1 aliphatic heterocycles. The van der Waals surface area contributed by atoms with Crippen molar-refractivity contribution in [2.75, 3.05) is 44.2 Å². The molecule has 2 heterocycles. The van der Waals surface area contributed by atoms with Gasteiger partial charge in [0.25, 0.3) is 0 Å². The second-order valence-electron chi connectivity index (χ2n) is 5.11. The number of rotatable bonds is 4. The monoisotopic (exact) mass is 328 g/mol. The maximum atomic E-state index is 8.95. The van der Waals surface area contributed by atoms with Gasteiger partial charge < -0.3 is 10.0 Å². The number of aliphatic hydroxyl groups excluding tert-OH is 1. The first-order chi connectivity index (χ1) is 9.10. The normalized spacial score (nSPS) is 17.2. The minimum Gasteiger partial charge on any atom is -0.395 e. The van der Waals surface area contributed by atoms with Crippen LogP contribution < -0.4 is 4.90 Å². The minimum atomic E-state index is 0.233. The van der Waals surface area contributed by atoms with Crippen molar-refractivity contribution < 1.29 is 5.11 Å². The van der Waals surface area contributed by atoms with Crippen molar-refractivity contribution in [1.82, 2.24) is 14.9 Å². The second-order valence-corrected chi connectivity index (χ2v) is 5.93. The van der Waals surface area contributed by atoms with Crippen LogP contribution in [0.25, 0.3) is 0 Å². The lowest BCUT2D eigenvalue weighted by atomic mass is 10.2. The molecule has 0 aliphatic carbocycles. The fraction of sp³-hybridized carbons (Fsp3) is 0.692. The molecule has 1 aromatic rings. The number of β-amino-alcohol motifs (C(OH)–C–C–N with tert-alkyl or cyclic N) is 1. The summed E-state index contributed by atoms with van der Waals surface area (Å²) in [5.74, 6) is 2.20. The van der Waals surface area contributed by atoms with Crippen molar-refractivity contribution in [2.45, 2.75) is 19.8 Å². The van der Waals surface area contributed by atoms with Crippen LogP contribution in [-0.2, 0) is 0 Å². The molecule has 0 amide bonds. The van der Waals surface area contributed by atoms with E-state index in [1.54, 1.807) is 0 Å². The Bertz CT molecular complexity index is 419. The Hall–Kier alpha value is -0.720. The number of nitrogens with zero attached hydrogens (tertiary/aromatic N) is 4. The summed E-state index contributed by atoms with van der Waals surface area (Å²) in [5.41, 5.74) is 0. The van der Waals surface area contributed by atoms with Crippen LogP contribution in [-0.4, -0.2) is 59.3 Å². The standard InChI is InChI=1S/C13H21BrN4O/c1-10(2)13-15-11(14)9-12(16-13)18-5-3-17(4-6-18)7-8-19/h9-10,19H,3-8H2,1-2H3. The molecule has 0 spiro atoms. The third kappa shape index (κ3) is 3.87. The molecule has 106 valence electrons. The number of halogens is 1. The van der Waals surface area contributed by atoms with Gasteiger partial charge in [-0.1, -0.05) is 13.8 Å². The summed E-state index contributed by atoms with van der Waals surface area (Å²) in [7, 11) is 0. The predicted molar refractivity (Wildman–Crippen MR) is 79.6 cm³/mol. The maximum absolute atomic E-state index is 8.95. The number of piperazine rings is 1. The molecule has 6 heteroatoms. The van der Waals surface area contributed by atoms with Gasteiger partial charge in [0.2, 0.25) is 0 Å².